The van der Waals surface area contributed by atoms with E-state index in [0.29, 0.717) is 6.61 Å². The van der Waals surface area contributed by atoms with Crippen molar-refractivity contribution in [2.24, 2.45) is 10.7 Å². The fourth-order valence-corrected chi connectivity index (χ4v) is 0.512. The highest BCUT2D eigenvalue weighted by Crippen LogP contribution is 2.01. The van der Waals surface area contributed by atoms with Gasteiger partial charge in [-0.15, -0.1) is 0 Å². The van der Waals surface area contributed by atoms with Gasteiger partial charge in [-0.05, 0) is 27.8 Å². The Balaban J connectivity index is 4.05. The van der Waals surface area contributed by atoms with Gasteiger partial charge in [-0.2, -0.15) is 0 Å². The summed E-state index contributed by atoms with van der Waals surface area (Å²) >= 11 is 0. The summed E-state index contributed by atoms with van der Waals surface area (Å²) in [7, 11) is 1.82. The fraction of sp³-hybridized carbons (Fsp3) is 0.857. The van der Waals surface area contributed by atoms with Crippen LogP contribution < -0.4 is 11.1 Å². The van der Waals surface area contributed by atoms with Crippen LogP contribution in [0, 0.1) is 0 Å². The van der Waals surface area contributed by atoms with Crippen molar-refractivity contribution in [3.8, 4) is 0 Å². The van der Waals surface area contributed by atoms with Gasteiger partial charge in [0.15, 0.2) is 0 Å². The Hall–Kier alpha value is -0.770. The van der Waals surface area contributed by atoms with E-state index in [2.05, 4.69) is 10.3 Å². The molecular formula is C7H17N3O. The Labute approximate surface area is 67.8 Å². The molecule has 0 amide bonds. The first-order valence-electron chi connectivity index (χ1n) is 3.69. The number of hydrogen-bond acceptors (Lipinski definition) is 3. The normalized spacial score (nSPS) is 13.3. The van der Waals surface area contributed by atoms with E-state index in [-0.39, 0.29) is 11.7 Å². The molecule has 0 aliphatic rings. The molecule has 0 saturated heterocycles. The molecule has 0 rings (SSSR count). The third-order valence-corrected chi connectivity index (χ3v) is 1.29. The predicted octanol–water partition coefficient (Wildman–Crippen LogP) is 0.293. The molecular weight excluding hydrogens is 142 g/mol. The summed E-state index contributed by atoms with van der Waals surface area (Å²) in [5.41, 5.74) is 5.09. The highest BCUT2D eigenvalue weighted by molar-refractivity contribution is 5.71. The predicted molar refractivity (Wildman–Crippen MR) is 46.4 cm³/mol. The Morgan fingerprint density at radius 1 is 1.64 bits per heavy atom. The minimum atomic E-state index is -0.348. The van der Waals surface area contributed by atoms with Crippen LogP contribution in [-0.2, 0) is 4.74 Å². The molecule has 0 aliphatic carbocycles. The molecule has 0 unspecified atom stereocenters. The lowest BCUT2D eigenvalue weighted by Gasteiger charge is -2.18. The highest BCUT2D eigenvalue weighted by atomic mass is 16.5. The molecule has 0 fully saturated rings. The topological polar surface area (TPSA) is 59.6 Å². The molecule has 0 aromatic carbocycles. The summed E-state index contributed by atoms with van der Waals surface area (Å²) in [5, 5.41) is 2.98. The maximum atomic E-state index is 5.43. The number of nitrogens with two attached hydrogens (primary N) is 1. The molecule has 4 heteroatoms. The number of aliphatic imine (C=N–C) groups is 1. The molecule has 11 heavy (non-hydrogen) atoms. The molecule has 3 N–H and O–H groups in total. The SMILES string of the molecule is CCOC(N)=NC(C)(C)NC. The number of nitrogens with zero attached hydrogens (tertiary/aromatic N) is 1. The summed E-state index contributed by atoms with van der Waals surface area (Å²) in [6.07, 6.45) is 0. The lowest BCUT2D eigenvalue weighted by atomic mass is 10.3. The van der Waals surface area contributed by atoms with Crippen molar-refractivity contribution >= 4 is 6.02 Å². The van der Waals surface area contributed by atoms with Crippen molar-refractivity contribution < 1.29 is 4.74 Å². The van der Waals surface area contributed by atoms with E-state index in [0.717, 1.165) is 0 Å². The van der Waals surface area contributed by atoms with E-state index >= 15 is 0 Å². The molecule has 0 aromatic heterocycles. The number of hydrogen-bond donors (Lipinski definition) is 2. The van der Waals surface area contributed by atoms with Crippen molar-refractivity contribution in [3.63, 3.8) is 0 Å². The summed E-state index contributed by atoms with van der Waals surface area (Å²) in [4.78, 5) is 4.08. The molecule has 4 nitrogen and oxygen atoms in total. The van der Waals surface area contributed by atoms with Crippen LogP contribution in [0.5, 0.6) is 0 Å². The summed E-state index contributed by atoms with van der Waals surface area (Å²) < 4.78 is 4.97. The monoisotopic (exact) mass is 159 g/mol. The third-order valence-electron chi connectivity index (χ3n) is 1.29. The van der Waals surface area contributed by atoms with E-state index in [1.807, 2.05) is 27.8 Å². The van der Waals surface area contributed by atoms with Crippen LogP contribution in [0.1, 0.15) is 20.8 Å². The molecule has 0 spiro atoms. The lowest BCUT2D eigenvalue weighted by Crippen LogP contribution is -2.36. The molecule has 0 radical (unpaired) electrons. The molecule has 66 valence electrons. The van der Waals surface area contributed by atoms with Crippen LogP contribution in [-0.4, -0.2) is 25.3 Å². The van der Waals surface area contributed by atoms with Gasteiger partial charge in [0.25, 0.3) is 6.02 Å². The first kappa shape index (κ1) is 10.2. The number of nitrogens with one attached hydrogen (secondary N) is 1. The minimum absolute atomic E-state index is 0.229. The number of rotatable bonds is 3. The fourth-order valence-electron chi connectivity index (χ4n) is 0.512. The van der Waals surface area contributed by atoms with Gasteiger partial charge >= 0.3 is 0 Å². The summed E-state index contributed by atoms with van der Waals surface area (Å²) in [6.45, 7) is 6.25. The van der Waals surface area contributed by atoms with E-state index in [4.69, 9.17) is 10.5 Å². The van der Waals surface area contributed by atoms with E-state index < -0.39 is 0 Å². The average molecular weight is 159 g/mol. The molecule has 0 saturated carbocycles. The molecule has 0 aliphatic heterocycles. The van der Waals surface area contributed by atoms with Gasteiger partial charge in [0.2, 0.25) is 0 Å². The van der Waals surface area contributed by atoms with Crippen molar-refractivity contribution in [2.75, 3.05) is 13.7 Å². The third kappa shape index (κ3) is 4.61. The molecule has 0 bridgehead atoms. The van der Waals surface area contributed by atoms with Crippen molar-refractivity contribution in [3.05, 3.63) is 0 Å². The largest absolute Gasteiger partial charge is 0.466 e. The van der Waals surface area contributed by atoms with Crippen molar-refractivity contribution in [1.82, 2.24) is 5.32 Å². The zero-order valence-corrected chi connectivity index (χ0v) is 7.64. The van der Waals surface area contributed by atoms with Gasteiger partial charge in [0.05, 0.1) is 6.61 Å². The van der Waals surface area contributed by atoms with Gasteiger partial charge in [-0.1, -0.05) is 0 Å². The van der Waals surface area contributed by atoms with Crippen molar-refractivity contribution in [2.45, 2.75) is 26.4 Å². The second-order valence-electron chi connectivity index (χ2n) is 2.69. The zero-order chi connectivity index (χ0) is 8.91. The van der Waals surface area contributed by atoms with Crippen LogP contribution in [0.4, 0.5) is 0 Å². The lowest BCUT2D eigenvalue weighted by molar-refractivity contribution is 0.309. The average Bonchev–Trinajstić information content (AvgIpc) is 1.87. The van der Waals surface area contributed by atoms with E-state index in [9.17, 15) is 0 Å². The quantitative estimate of drug-likeness (QED) is 0.459. The van der Waals surface area contributed by atoms with Crippen LogP contribution in [0.3, 0.4) is 0 Å². The Morgan fingerprint density at radius 3 is 2.55 bits per heavy atom. The standard InChI is InChI=1S/C7H17N3O/c1-5-11-6(8)10-7(2,3)9-4/h9H,5H2,1-4H3,(H2,8,10). The maximum absolute atomic E-state index is 5.43. The van der Waals surface area contributed by atoms with Crippen LogP contribution in [0.15, 0.2) is 4.99 Å². The Kier molecular flexibility index (Phi) is 3.89. The second kappa shape index (κ2) is 4.18. The minimum Gasteiger partial charge on any atom is -0.466 e. The molecule has 0 atom stereocenters. The van der Waals surface area contributed by atoms with Gasteiger partial charge < -0.3 is 10.5 Å². The Morgan fingerprint density at radius 2 is 2.18 bits per heavy atom. The first-order chi connectivity index (χ1) is 5.02. The summed E-state index contributed by atoms with van der Waals surface area (Å²) in [6, 6.07) is 0.229. The van der Waals surface area contributed by atoms with Crippen LogP contribution in [0.2, 0.25) is 0 Å². The van der Waals surface area contributed by atoms with Gasteiger partial charge in [0.1, 0.15) is 5.66 Å². The second-order valence-corrected chi connectivity index (χ2v) is 2.69. The Bertz CT molecular complexity index is 143. The van der Waals surface area contributed by atoms with Crippen molar-refractivity contribution in [1.29, 1.82) is 0 Å². The molecule has 0 heterocycles. The van der Waals surface area contributed by atoms with E-state index in [1.165, 1.54) is 0 Å². The van der Waals surface area contributed by atoms with Gasteiger partial charge in [0, 0.05) is 0 Å². The number of amidine groups is 1. The van der Waals surface area contributed by atoms with Crippen LogP contribution >= 0.6 is 0 Å². The highest BCUT2D eigenvalue weighted by Gasteiger charge is 2.12. The first-order valence-corrected chi connectivity index (χ1v) is 3.69. The number of ether oxygens (including phenoxy) is 1. The summed E-state index contributed by atoms with van der Waals surface area (Å²) in [5.74, 6) is 0. The van der Waals surface area contributed by atoms with E-state index in [1.54, 1.807) is 0 Å². The van der Waals surface area contributed by atoms with Gasteiger partial charge in [-0.25, -0.2) is 4.99 Å². The smallest absolute Gasteiger partial charge is 0.283 e. The molecule has 0 aromatic rings. The maximum Gasteiger partial charge on any atom is 0.283 e. The zero-order valence-electron chi connectivity index (χ0n) is 7.64. The van der Waals surface area contributed by atoms with Gasteiger partial charge in [-0.3, -0.25) is 5.32 Å². The van der Waals surface area contributed by atoms with Crippen LogP contribution in [0.25, 0.3) is 0 Å².